The number of amides is 1. The third-order valence-corrected chi connectivity index (χ3v) is 7.63. The zero-order valence-corrected chi connectivity index (χ0v) is 19.9. The third-order valence-electron chi connectivity index (χ3n) is 7.40. The molecule has 1 saturated carbocycles. The second kappa shape index (κ2) is 9.78. The highest BCUT2D eigenvalue weighted by molar-refractivity contribution is 6.31. The average Bonchev–Trinajstić information content (AvgIpc) is 3.46. The van der Waals surface area contributed by atoms with E-state index in [2.05, 4.69) is 39.5 Å². The molecule has 5 nitrogen and oxygen atoms in total. The maximum Gasteiger partial charge on any atom is 0.267 e. The van der Waals surface area contributed by atoms with Gasteiger partial charge in [0.25, 0.3) is 5.91 Å². The second-order valence-electron chi connectivity index (χ2n) is 9.61. The summed E-state index contributed by atoms with van der Waals surface area (Å²) in [6, 6.07) is 16.3. The Bertz CT molecular complexity index is 1100. The number of aromatic nitrogens is 1. The number of carbonyl (C=O) groups excluding carboxylic acids is 1. The lowest BCUT2D eigenvalue weighted by Crippen LogP contribution is -2.37. The number of hydrogen-bond donors (Lipinski definition) is 2. The number of halogens is 1. The number of hydrogen-bond acceptors (Lipinski definition) is 3. The third kappa shape index (κ3) is 5.20. The highest BCUT2D eigenvalue weighted by Crippen LogP contribution is 2.32. The fourth-order valence-electron chi connectivity index (χ4n) is 5.55. The van der Waals surface area contributed by atoms with Gasteiger partial charge < -0.3 is 19.9 Å². The van der Waals surface area contributed by atoms with Crippen LogP contribution in [0, 0.1) is 5.92 Å². The maximum absolute atomic E-state index is 12.8. The molecule has 5 rings (SSSR count). The number of nitrogens with zero attached hydrogens (tertiary/aromatic N) is 1. The lowest BCUT2D eigenvalue weighted by Gasteiger charge is -2.33. The minimum atomic E-state index is -0.0201. The molecule has 174 valence electrons. The van der Waals surface area contributed by atoms with E-state index in [1.54, 1.807) is 7.11 Å². The number of H-pyrrole nitrogens is 1. The zero-order chi connectivity index (χ0) is 22.8. The normalized spacial score (nSPS) is 22.0. The topological polar surface area (TPSA) is 57.4 Å². The fraction of sp³-hybridized carbons (Fsp3) is 0.444. The molecule has 0 unspecified atom stereocenters. The number of fused-ring (bicyclic) bond motifs is 1. The number of rotatable bonds is 6. The quantitative estimate of drug-likeness (QED) is 0.497. The molecule has 2 N–H and O–H groups in total. The minimum absolute atomic E-state index is 0.0201. The number of ether oxygens (including phenoxy) is 1. The predicted octanol–water partition coefficient (Wildman–Crippen LogP) is 5.61. The van der Waals surface area contributed by atoms with Gasteiger partial charge in [0.1, 0.15) is 11.4 Å². The standard InChI is InChI=1S/C27H32ClN3O2/c1-33-24-7-3-19(4-8-24)20-10-12-31(13-11-20)17-18-2-6-23(14-18)29-27(32)26-16-21-15-22(28)5-9-25(21)30-26/h3-5,7-9,15-16,18,20,23,30H,2,6,10-14,17H2,1H3,(H,29,32)/t18-,23+/m1/s1. The summed E-state index contributed by atoms with van der Waals surface area (Å²) in [4.78, 5) is 18.6. The zero-order valence-electron chi connectivity index (χ0n) is 19.1. The smallest absolute Gasteiger partial charge is 0.267 e. The van der Waals surface area contributed by atoms with Crippen LogP contribution in [0.3, 0.4) is 0 Å². The van der Waals surface area contributed by atoms with E-state index in [9.17, 15) is 4.79 Å². The van der Waals surface area contributed by atoms with Gasteiger partial charge in [0.2, 0.25) is 0 Å². The Morgan fingerprint density at radius 2 is 1.88 bits per heavy atom. The van der Waals surface area contributed by atoms with Crippen LogP contribution >= 0.6 is 11.6 Å². The Morgan fingerprint density at radius 3 is 2.64 bits per heavy atom. The molecule has 2 fully saturated rings. The molecule has 1 aliphatic carbocycles. The second-order valence-corrected chi connectivity index (χ2v) is 10.0. The van der Waals surface area contributed by atoms with Gasteiger partial charge in [-0.25, -0.2) is 0 Å². The first-order valence-corrected chi connectivity index (χ1v) is 12.4. The van der Waals surface area contributed by atoms with Crippen molar-refractivity contribution in [2.24, 2.45) is 5.92 Å². The summed E-state index contributed by atoms with van der Waals surface area (Å²) in [7, 11) is 1.71. The highest BCUT2D eigenvalue weighted by atomic mass is 35.5. The van der Waals surface area contributed by atoms with Crippen molar-refractivity contribution in [3.8, 4) is 5.75 Å². The van der Waals surface area contributed by atoms with Gasteiger partial charge in [-0.1, -0.05) is 23.7 Å². The van der Waals surface area contributed by atoms with Gasteiger partial charge in [0.15, 0.2) is 0 Å². The minimum Gasteiger partial charge on any atom is -0.497 e. The fourth-order valence-corrected chi connectivity index (χ4v) is 5.73. The van der Waals surface area contributed by atoms with E-state index in [0.29, 0.717) is 22.6 Å². The summed E-state index contributed by atoms with van der Waals surface area (Å²) in [5.74, 6) is 2.21. The van der Waals surface area contributed by atoms with Crippen molar-refractivity contribution in [3.05, 3.63) is 64.8 Å². The monoisotopic (exact) mass is 465 g/mol. The molecule has 1 amide bonds. The van der Waals surface area contributed by atoms with Gasteiger partial charge in [0.05, 0.1) is 7.11 Å². The van der Waals surface area contributed by atoms with E-state index >= 15 is 0 Å². The van der Waals surface area contributed by atoms with Crippen LogP contribution < -0.4 is 10.1 Å². The Hall–Kier alpha value is -2.50. The van der Waals surface area contributed by atoms with Gasteiger partial charge >= 0.3 is 0 Å². The summed E-state index contributed by atoms with van der Waals surface area (Å²) < 4.78 is 5.28. The largest absolute Gasteiger partial charge is 0.497 e. The van der Waals surface area contributed by atoms with Crippen molar-refractivity contribution in [1.82, 2.24) is 15.2 Å². The molecule has 2 aliphatic rings. The summed E-state index contributed by atoms with van der Waals surface area (Å²) in [5, 5.41) is 4.89. The first kappa shape index (κ1) is 22.3. The van der Waals surface area contributed by atoms with Gasteiger partial charge in [-0.15, -0.1) is 0 Å². The van der Waals surface area contributed by atoms with E-state index in [0.717, 1.165) is 49.1 Å². The Kier molecular flexibility index (Phi) is 6.61. The number of methoxy groups -OCH3 is 1. The molecule has 3 aromatic rings. The molecule has 1 aliphatic heterocycles. The summed E-state index contributed by atoms with van der Waals surface area (Å²) in [6.07, 6.45) is 5.74. The van der Waals surface area contributed by atoms with E-state index in [4.69, 9.17) is 16.3 Å². The van der Waals surface area contributed by atoms with Crippen LogP contribution in [0.25, 0.3) is 10.9 Å². The lowest BCUT2D eigenvalue weighted by molar-refractivity contribution is 0.0932. The Labute approximate surface area is 200 Å². The van der Waals surface area contributed by atoms with Crippen molar-refractivity contribution < 1.29 is 9.53 Å². The molecule has 6 heteroatoms. The van der Waals surface area contributed by atoms with Crippen molar-refractivity contribution in [1.29, 1.82) is 0 Å². The molecule has 1 aromatic heterocycles. The molecule has 2 heterocycles. The van der Waals surface area contributed by atoms with Crippen LogP contribution in [0.15, 0.2) is 48.5 Å². The molecule has 0 radical (unpaired) electrons. The number of likely N-dealkylation sites (tertiary alicyclic amines) is 1. The van der Waals surface area contributed by atoms with Crippen molar-refractivity contribution >= 4 is 28.4 Å². The number of nitrogens with one attached hydrogen (secondary N) is 2. The first-order chi connectivity index (χ1) is 16.1. The van der Waals surface area contributed by atoms with Crippen LogP contribution in [-0.4, -0.2) is 48.6 Å². The van der Waals surface area contributed by atoms with Gasteiger partial charge in [-0.2, -0.15) is 0 Å². The van der Waals surface area contributed by atoms with Crippen LogP contribution in [0.5, 0.6) is 5.75 Å². The van der Waals surface area contributed by atoms with Crippen molar-refractivity contribution in [3.63, 3.8) is 0 Å². The van der Waals surface area contributed by atoms with Crippen LogP contribution in [0.1, 0.15) is 54.1 Å². The van der Waals surface area contributed by atoms with Gasteiger partial charge in [-0.05, 0) is 99.0 Å². The van der Waals surface area contributed by atoms with Crippen molar-refractivity contribution in [2.75, 3.05) is 26.7 Å². The van der Waals surface area contributed by atoms with Gasteiger partial charge in [0, 0.05) is 28.5 Å². The van der Waals surface area contributed by atoms with E-state index in [1.165, 1.54) is 24.8 Å². The number of piperidine rings is 1. The Morgan fingerprint density at radius 1 is 1.09 bits per heavy atom. The Balaban J connectivity index is 1.08. The molecule has 33 heavy (non-hydrogen) atoms. The molecule has 2 aromatic carbocycles. The SMILES string of the molecule is COc1ccc(C2CCN(C[C@@H]3CC[C@H](NC(=O)c4cc5cc(Cl)ccc5[nH]4)C3)CC2)cc1. The number of benzene rings is 2. The average molecular weight is 466 g/mol. The van der Waals surface area contributed by atoms with Crippen LogP contribution in [0.4, 0.5) is 0 Å². The number of carbonyl (C=O) groups is 1. The first-order valence-electron chi connectivity index (χ1n) is 12.0. The molecule has 2 atom stereocenters. The summed E-state index contributed by atoms with van der Waals surface area (Å²) in [6.45, 7) is 3.45. The molecular formula is C27H32ClN3O2. The molecule has 0 spiro atoms. The summed E-state index contributed by atoms with van der Waals surface area (Å²) >= 11 is 6.07. The van der Waals surface area contributed by atoms with E-state index < -0.39 is 0 Å². The lowest BCUT2D eigenvalue weighted by atomic mass is 9.89. The van der Waals surface area contributed by atoms with Gasteiger partial charge in [-0.3, -0.25) is 4.79 Å². The van der Waals surface area contributed by atoms with Crippen LogP contribution in [-0.2, 0) is 0 Å². The highest BCUT2D eigenvalue weighted by Gasteiger charge is 2.29. The summed E-state index contributed by atoms with van der Waals surface area (Å²) in [5.41, 5.74) is 2.97. The molecule has 1 saturated heterocycles. The number of aromatic amines is 1. The van der Waals surface area contributed by atoms with Crippen molar-refractivity contribution in [2.45, 2.75) is 44.1 Å². The predicted molar refractivity (Wildman–Crippen MR) is 133 cm³/mol. The molecule has 0 bridgehead atoms. The van der Waals surface area contributed by atoms with E-state index in [-0.39, 0.29) is 11.9 Å². The molecular weight excluding hydrogens is 434 g/mol. The maximum atomic E-state index is 12.8. The van der Waals surface area contributed by atoms with Crippen LogP contribution in [0.2, 0.25) is 5.02 Å². The van der Waals surface area contributed by atoms with E-state index in [1.807, 2.05) is 24.3 Å².